The normalized spacial score (nSPS) is 14.0. The molecule has 24 heavy (non-hydrogen) atoms. The van der Waals surface area contributed by atoms with E-state index in [2.05, 4.69) is 10.1 Å². The van der Waals surface area contributed by atoms with Crippen molar-refractivity contribution >= 4 is 17.2 Å². The van der Waals surface area contributed by atoms with Crippen molar-refractivity contribution in [1.29, 1.82) is 0 Å². The largest absolute Gasteiger partial charge is 0.573 e. The van der Waals surface area contributed by atoms with Crippen LogP contribution in [0, 0.1) is 0 Å². The van der Waals surface area contributed by atoms with Crippen LogP contribution in [0.4, 0.5) is 13.2 Å². The van der Waals surface area contributed by atoms with Gasteiger partial charge in [-0.3, -0.25) is 4.79 Å². The second kappa shape index (κ2) is 7.23. The average Bonchev–Trinajstić information content (AvgIpc) is 2.96. The molecule has 2 rings (SSSR count). The van der Waals surface area contributed by atoms with E-state index in [1.54, 1.807) is 6.92 Å². The summed E-state index contributed by atoms with van der Waals surface area (Å²) in [6.07, 6.45) is -4.39. The lowest BCUT2D eigenvalue weighted by atomic mass is 9.98. The zero-order valence-electron chi connectivity index (χ0n) is 12.8. The summed E-state index contributed by atoms with van der Waals surface area (Å²) in [4.78, 5) is 12.0. The maximum absolute atomic E-state index is 12.1. The predicted octanol–water partition coefficient (Wildman–Crippen LogP) is 3.37. The quantitative estimate of drug-likeness (QED) is 0.831. The van der Waals surface area contributed by atoms with Crippen molar-refractivity contribution in [3.8, 4) is 5.75 Å². The number of amides is 1. The topological polar surface area (TPSA) is 58.6 Å². The highest BCUT2D eigenvalue weighted by Crippen LogP contribution is 2.22. The smallest absolute Gasteiger partial charge is 0.406 e. The van der Waals surface area contributed by atoms with Crippen molar-refractivity contribution in [2.45, 2.75) is 25.3 Å². The highest BCUT2D eigenvalue weighted by Gasteiger charge is 2.31. The van der Waals surface area contributed by atoms with Crippen LogP contribution >= 0.6 is 11.3 Å². The number of hydrogen-bond acceptors (Lipinski definition) is 4. The first-order chi connectivity index (χ1) is 11.1. The van der Waals surface area contributed by atoms with E-state index >= 15 is 0 Å². The van der Waals surface area contributed by atoms with Crippen molar-refractivity contribution < 1.29 is 27.8 Å². The maximum Gasteiger partial charge on any atom is 0.573 e. The summed E-state index contributed by atoms with van der Waals surface area (Å²) in [6, 6.07) is 6.46. The Labute approximate surface area is 140 Å². The van der Waals surface area contributed by atoms with Crippen LogP contribution in [0.2, 0.25) is 0 Å². The Morgan fingerprint density at radius 2 is 1.92 bits per heavy atom. The first-order valence-corrected chi connectivity index (χ1v) is 7.96. The van der Waals surface area contributed by atoms with Gasteiger partial charge in [-0.15, -0.1) is 13.2 Å². The van der Waals surface area contributed by atoms with Gasteiger partial charge in [0.05, 0.1) is 5.60 Å². The van der Waals surface area contributed by atoms with Crippen molar-refractivity contribution in [3.05, 3.63) is 52.2 Å². The number of carbonyl (C=O) groups excluding carboxylic acids is 1. The van der Waals surface area contributed by atoms with Crippen LogP contribution in [0.25, 0.3) is 0 Å². The fourth-order valence-electron chi connectivity index (χ4n) is 2.08. The van der Waals surface area contributed by atoms with Crippen LogP contribution in [0.15, 0.2) is 41.1 Å². The zero-order valence-corrected chi connectivity index (χ0v) is 13.6. The number of alkyl halides is 3. The molecule has 0 aliphatic rings. The fourth-order valence-corrected chi connectivity index (χ4v) is 2.74. The lowest BCUT2D eigenvalue weighted by Gasteiger charge is -2.23. The van der Waals surface area contributed by atoms with Gasteiger partial charge in [0.25, 0.3) is 5.91 Å². The molecule has 0 fully saturated rings. The minimum Gasteiger partial charge on any atom is -0.406 e. The molecule has 2 aromatic rings. The zero-order chi connectivity index (χ0) is 17.8. The van der Waals surface area contributed by atoms with Gasteiger partial charge in [0, 0.05) is 18.5 Å². The van der Waals surface area contributed by atoms with E-state index in [1.165, 1.54) is 23.5 Å². The van der Waals surface area contributed by atoms with Crippen molar-refractivity contribution in [3.63, 3.8) is 0 Å². The molecule has 4 nitrogen and oxygen atoms in total. The minimum absolute atomic E-state index is 0.0164. The molecular formula is C16H16F3NO3S. The van der Waals surface area contributed by atoms with E-state index in [1.807, 2.05) is 16.8 Å². The Hall–Kier alpha value is -2.06. The number of benzene rings is 1. The molecule has 1 amide bonds. The van der Waals surface area contributed by atoms with E-state index in [0.717, 1.165) is 17.7 Å². The van der Waals surface area contributed by atoms with Gasteiger partial charge in [0.1, 0.15) is 5.75 Å². The number of carbonyl (C=O) groups is 1. The number of aliphatic hydroxyl groups is 1. The van der Waals surface area contributed by atoms with E-state index in [4.69, 9.17) is 0 Å². The Morgan fingerprint density at radius 3 is 2.46 bits per heavy atom. The van der Waals surface area contributed by atoms with E-state index in [0.29, 0.717) is 6.42 Å². The number of hydrogen-bond donors (Lipinski definition) is 2. The molecule has 1 heterocycles. The van der Waals surface area contributed by atoms with Crippen LogP contribution in [-0.4, -0.2) is 29.5 Å². The van der Waals surface area contributed by atoms with Gasteiger partial charge in [0.2, 0.25) is 0 Å². The summed E-state index contributed by atoms with van der Waals surface area (Å²) in [7, 11) is 0. The van der Waals surface area contributed by atoms with Crippen LogP contribution in [0.5, 0.6) is 5.75 Å². The van der Waals surface area contributed by atoms with Crippen LogP contribution < -0.4 is 10.1 Å². The molecule has 8 heteroatoms. The second-order valence-electron chi connectivity index (χ2n) is 5.56. The Kier molecular flexibility index (Phi) is 5.51. The summed E-state index contributed by atoms with van der Waals surface area (Å²) in [5.41, 5.74) is 0.0135. The van der Waals surface area contributed by atoms with Gasteiger partial charge in [-0.05, 0) is 53.6 Å². The Morgan fingerprint density at radius 1 is 1.25 bits per heavy atom. The number of halogens is 3. The third-order valence-electron chi connectivity index (χ3n) is 3.14. The van der Waals surface area contributed by atoms with Gasteiger partial charge in [-0.1, -0.05) is 0 Å². The Balaban J connectivity index is 1.90. The fraction of sp³-hybridized carbons (Fsp3) is 0.312. The molecule has 1 aromatic carbocycles. The molecule has 0 bridgehead atoms. The molecule has 1 aromatic heterocycles. The third-order valence-corrected chi connectivity index (χ3v) is 3.88. The van der Waals surface area contributed by atoms with E-state index in [9.17, 15) is 23.1 Å². The lowest BCUT2D eigenvalue weighted by Crippen LogP contribution is -2.42. The molecule has 130 valence electrons. The molecule has 0 radical (unpaired) electrons. The highest BCUT2D eigenvalue weighted by atomic mass is 32.1. The van der Waals surface area contributed by atoms with Gasteiger partial charge in [-0.2, -0.15) is 11.3 Å². The standard InChI is InChI=1S/C16H16F3NO3S/c1-15(22,8-11-6-7-24-9-11)10-20-14(21)12-2-4-13(5-3-12)23-16(17,18)19/h2-7,9,22H,8,10H2,1H3,(H,20,21). The first kappa shape index (κ1) is 18.3. The van der Waals surface area contributed by atoms with Gasteiger partial charge >= 0.3 is 6.36 Å². The lowest BCUT2D eigenvalue weighted by molar-refractivity contribution is -0.274. The number of ether oxygens (including phenoxy) is 1. The summed E-state index contributed by atoms with van der Waals surface area (Å²) >= 11 is 1.52. The Bertz CT molecular complexity index is 667. The highest BCUT2D eigenvalue weighted by molar-refractivity contribution is 7.07. The van der Waals surface area contributed by atoms with Crippen LogP contribution in [0.3, 0.4) is 0 Å². The van der Waals surface area contributed by atoms with Crippen molar-refractivity contribution in [2.24, 2.45) is 0 Å². The van der Waals surface area contributed by atoms with Crippen LogP contribution in [-0.2, 0) is 6.42 Å². The van der Waals surface area contributed by atoms with Gasteiger partial charge in [0.15, 0.2) is 0 Å². The number of rotatable bonds is 6. The number of nitrogens with one attached hydrogen (secondary N) is 1. The SMILES string of the molecule is CC(O)(CNC(=O)c1ccc(OC(F)(F)F)cc1)Cc1ccsc1. The first-order valence-electron chi connectivity index (χ1n) is 7.02. The van der Waals surface area contributed by atoms with E-state index < -0.39 is 23.6 Å². The molecule has 0 aliphatic carbocycles. The molecule has 0 saturated heterocycles. The van der Waals surface area contributed by atoms with Crippen molar-refractivity contribution in [1.82, 2.24) is 5.32 Å². The van der Waals surface area contributed by atoms with Crippen LogP contribution in [0.1, 0.15) is 22.8 Å². The molecular weight excluding hydrogens is 343 g/mol. The molecule has 2 N–H and O–H groups in total. The van der Waals surface area contributed by atoms with E-state index in [-0.39, 0.29) is 12.1 Å². The number of thiophene rings is 1. The minimum atomic E-state index is -4.77. The van der Waals surface area contributed by atoms with Gasteiger partial charge < -0.3 is 15.2 Å². The molecule has 0 spiro atoms. The molecule has 0 saturated carbocycles. The summed E-state index contributed by atoms with van der Waals surface area (Å²) in [5, 5.41) is 16.7. The summed E-state index contributed by atoms with van der Waals surface area (Å²) in [5.74, 6) is -0.886. The second-order valence-corrected chi connectivity index (χ2v) is 6.34. The molecule has 1 unspecified atom stereocenters. The van der Waals surface area contributed by atoms with Crippen molar-refractivity contribution in [2.75, 3.05) is 6.54 Å². The third kappa shape index (κ3) is 5.86. The average molecular weight is 359 g/mol. The summed E-state index contributed by atoms with van der Waals surface area (Å²) < 4.78 is 40.0. The monoisotopic (exact) mass is 359 g/mol. The summed E-state index contributed by atoms with van der Waals surface area (Å²) in [6.45, 7) is 1.62. The maximum atomic E-state index is 12.1. The molecule has 0 aliphatic heterocycles. The predicted molar refractivity (Wildman–Crippen MR) is 84.1 cm³/mol. The van der Waals surface area contributed by atoms with Gasteiger partial charge in [-0.25, -0.2) is 0 Å². The molecule has 1 atom stereocenters.